The van der Waals surface area contributed by atoms with E-state index in [9.17, 15) is 4.79 Å². The molecule has 6 nitrogen and oxygen atoms in total. The summed E-state index contributed by atoms with van der Waals surface area (Å²) < 4.78 is 0. The van der Waals surface area contributed by atoms with E-state index in [0.29, 0.717) is 13.1 Å². The zero-order valence-corrected chi connectivity index (χ0v) is 17.5. The van der Waals surface area contributed by atoms with Crippen molar-refractivity contribution in [1.29, 1.82) is 0 Å². The molecule has 8 heteroatoms. The van der Waals surface area contributed by atoms with Gasteiger partial charge in [0, 0.05) is 31.7 Å². The topological polar surface area (TPSA) is 62.2 Å². The van der Waals surface area contributed by atoms with E-state index < -0.39 is 0 Å². The lowest BCUT2D eigenvalue weighted by Crippen LogP contribution is -2.49. The van der Waals surface area contributed by atoms with Gasteiger partial charge in [-0.05, 0) is 18.4 Å². The van der Waals surface area contributed by atoms with Crippen LogP contribution in [0.3, 0.4) is 0 Å². The summed E-state index contributed by atoms with van der Waals surface area (Å²) in [6.45, 7) is 4.79. The lowest BCUT2D eigenvalue weighted by atomic mass is 10.2. The second-order valence-corrected chi connectivity index (χ2v) is 8.81. The molecule has 0 unspecified atom stereocenters. The van der Waals surface area contributed by atoms with Crippen molar-refractivity contribution in [2.75, 3.05) is 31.1 Å². The van der Waals surface area contributed by atoms with E-state index in [0.717, 1.165) is 50.3 Å². The van der Waals surface area contributed by atoms with Crippen molar-refractivity contribution in [2.45, 2.75) is 6.92 Å². The van der Waals surface area contributed by atoms with Gasteiger partial charge in [-0.1, -0.05) is 30.3 Å². The highest BCUT2D eigenvalue weighted by Crippen LogP contribution is 2.30. The van der Waals surface area contributed by atoms with Crippen molar-refractivity contribution in [1.82, 2.24) is 19.9 Å². The molecule has 1 amide bonds. The van der Waals surface area contributed by atoms with Gasteiger partial charge in [-0.25, -0.2) is 15.0 Å². The summed E-state index contributed by atoms with van der Waals surface area (Å²) in [5, 5.41) is 4.02. The van der Waals surface area contributed by atoms with Crippen LogP contribution in [0.1, 0.15) is 15.4 Å². The zero-order chi connectivity index (χ0) is 19.8. The first-order chi connectivity index (χ1) is 14.2. The number of piperazine rings is 1. The summed E-state index contributed by atoms with van der Waals surface area (Å²) in [5.41, 5.74) is 1.85. The highest BCUT2D eigenvalue weighted by atomic mass is 32.1. The number of anilines is 1. The lowest BCUT2D eigenvalue weighted by Gasteiger charge is -2.35. The summed E-state index contributed by atoms with van der Waals surface area (Å²) in [4.78, 5) is 32.5. The summed E-state index contributed by atoms with van der Waals surface area (Å²) in [7, 11) is 0. The molecule has 1 fully saturated rings. The maximum Gasteiger partial charge on any atom is 0.265 e. The third kappa shape index (κ3) is 3.38. The van der Waals surface area contributed by atoms with Gasteiger partial charge in [0.2, 0.25) is 0 Å². The van der Waals surface area contributed by atoms with Crippen LogP contribution < -0.4 is 4.90 Å². The van der Waals surface area contributed by atoms with Gasteiger partial charge >= 0.3 is 0 Å². The number of carbonyl (C=O) groups is 1. The van der Waals surface area contributed by atoms with E-state index in [2.05, 4.69) is 25.9 Å². The average molecular weight is 422 g/mol. The van der Waals surface area contributed by atoms with Crippen LogP contribution in [0, 0.1) is 6.92 Å². The number of amides is 1. The Labute approximate surface area is 176 Å². The second kappa shape index (κ2) is 7.53. The van der Waals surface area contributed by atoms with Crippen molar-refractivity contribution in [3.63, 3.8) is 0 Å². The molecule has 4 aromatic rings. The molecule has 0 N–H and O–H groups in total. The number of fused-ring (bicyclic) bond motifs is 1. The fourth-order valence-electron chi connectivity index (χ4n) is 3.59. The smallest absolute Gasteiger partial charge is 0.265 e. The Morgan fingerprint density at radius 2 is 1.83 bits per heavy atom. The highest BCUT2D eigenvalue weighted by molar-refractivity contribution is 7.17. The number of carbonyl (C=O) groups excluding carboxylic acids is 1. The Morgan fingerprint density at radius 1 is 1.03 bits per heavy atom. The minimum Gasteiger partial charge on any atom is -0.352 e. The number of hydrogen-bond donors (Lipinski definition) is 0. The molecule has 3 aromatic heterocycles. The van der Waals surface area contributed by atoms with Gasteiger partial charge in [0.15, 0.2) is 0 Å². The number of aromatic nitrogens is 3. The highest BCUT2D eigenvalue weighted by Gasteiger charge is 2.27. The monoisotopic (exact) mass is 421 g/mol. The first-order valence-electron chi connectivity index (χ1n) is 9.46. The summed E-state index contributed by atoms with van der Waals surface area (Å²) in [5.74, 6) is 1.04. The maximum absolute atomic E-state index is 13.1. The minimum atomic E-state index is 0.0743. The molecule has 4 heterocycles. The lowest BCUT2D eigenvalue weighted by molar-refractivity contribution is 0.0750. The molecule has 5 rings (SSSR count). The molecule has 146 valence electrons. The van der Waals surface area contributed by atoms with Crippen LogP contribution >= 0.6 is 22.7 Å². The van der Waals surface area contributed by atoms with E-state index in [1.807, 2.05) is 47.5 Å². The van der Waals surface area contributed by atoms with E-state index in [1.165, 1.54) is 11.3 Å². The van der Waals surface area contributed by atoms with E-state index in [1.54, 1.807) is 17.7 Å². The normalized spacial score (nSPS) is 14.5. The molecule has 0 atom stereocenters. The Bertz CT molecular complexity index is 1160. The van der Waals surface area contributed by atoms with Crippen molar-refractivity contribution >= 4 is 44.6 Å². The third-order valence-electron chi connectivity index (χ3n) is 5.12. The number of benzene rings is 1. The van der Waals surface area contributed by atoms with Gasteiger partial charge in [-0.3, -0.25) is 4.79 Å². The predicted molar refractivity (Wildman–Crippen MR) is 118 cm³/mol. The molecule has 1 aliphatic rings. The van der Waals surface area contributed by atoms with Crippen LogP contribution in [0.5, 0.6) is 0 Å². The molecular weight excluding hydrogens is 402 g/mol. The number of hydrogen-bond acceptors (Lipinski definition) is 7. The quantitative estimate of drug-likeness (QED) is 0.499. The van der Waals surface area contributed by atoms with Crippen molar-refractivity contribution in [2.24, 2.45) is 0 Å². The average Bonchev–Trinajstić information content (AvgIpc) is 3.40. The predicted octanol–water partition coefficient (Wildman–Crippen LogP) is 4.09. The molecule has 29 heavy (non-hydrogen) atoms. The van der Waals surface area contributed by atoms with E-state index >= 15 is 0 Å². The molecule has 0 spiro atoms. The SMILES string of the molecule is Cc1nc(-c2ccccc2)sc1C(=O)N1CCN(c2ncnc3sccc23)CC1. The Balaban J connectivity index is 1.32. The Morgan fingerprint density at radius 3 is 2.62 bits per heavy atom. The summed E-state index contributed by atoms with van der Waals surface area (Å²) >= 11 is 3.10. The summed E-state index contributed by atoms with van der Waals surface area (Å²) in [6, 6.07) is 12.1. The fourth-order valence-corrected chi connectivity index (χ4v) is 5.36. The third-order valence-corrected chi connectivity index (χ3v) is 7.13. The van der Waals surface area contributed by atoms with Gasteiger partial charge in [0.25, 0.3) is 5.91 Å². The molecular formula is C21H19N5OS2. The number of thiazole rings is 1. The van der Waals surface area contributed by atoms with Gasteiger partial charge in [0.1, 0.15) is 26.9 Å². The molecule has 0 radical (unpaired) electrons. The Hall–Kier alpha value is -2.84. The van der Waals surface area contributed by atoms with Gasteiger partial charge < -0.3 is 9.80 Å². The van der Waals surface area contributed by atoms with Crippen LogP contribution in [-0.2, 0) is 0 Å². The van der Waals surface area contributed by atoms with E-state index in [-0.39, 0.29) is 5.91 Å². The first-order valence-corrected chi connectivity index (χ1v) is 11.2. The number of thiophene rings is 1. The Kier molecular flexibility index (Phi) is 4.73. The van der Waals surface area contributed by atoms with Crippen LogP contribution in [0.15, 0.2) is 48.1 Å². The molecule has 1 saturated heterocycles. The molecule has 0 bridgehead atoms. The van der Waals surface area contributed by atoms with Crippen molar-refractivity contribution < 1.29 is 4.79 Å². The fraction of sp³-hybridized carbons (Fsp3) is 0.238. The molecule has 1 aromatic carbocycles. The van der Waals surface area contributed by atoms with Crippen LogP contribution in [0.2, 0.25) is 0 Å². The van der Waals surface area contributed by atoms with Gasteiger partial charge in [-0.2, -0.15) is 0 Å². The molecule has 0 aliphatic carbocycles. The van der Waals surface area contributed by atoms with Gasteiger partial charge in [0.05, 0.1) is 11.1 Å². The van der Waals surface area contributed by atoms with Crippen LogP contribution in [0.25, 0.3) is 20.8 Å². The number of rotatable bonds is 3. The standard InChI is InChI=1S/C21H19N5OS2/c1-14-17(29-19(24-14)15-5-3-2-4-6-15)21(27)26-10-8-25(9-11-26)18-16-7-12-28-20(16)23-13-22-18/h2-7,12-13H,8-11H2,1H3. The van der Waals surface area contributed by atoms with Crippen molar-refractivity contribution in [3.05, 3.63) is 58.7 Å². The van der Waals surface area contributed by atoms with Crippen LogP contribution in [-0.4, -0.2) is 51.9 Å². The maximum atomic E-state index is 13.1. The largest absolute Gasteiger partial charge is 0.352 e. The second-order valence-electron chi connectivity index (χ2n) is 6.92. The van der Waals surface area contributed by atoms with E-state index in [4.69, 9.17) is 0 Å². The molecule has 1 aliphatic heterocycles. The van der Waals surface area contributed by atoms with Crippen molar-refractivity contribution in [3.8, 4) is 10.6 Å². The number of aryl methyl sites for hydroxylation is 1. The van der Waals surface area contributed by atoms with Gasteiger partial charge in [-0.15, -0.1) is 22.7 Å². The van der Waals surface area contributed by atoms with Crippen LogP contribution in [0.4, 0.5) is 5.82 Å². The first kappa shape index (κ1) is 18.2. The summed E-state index contributed by atoms with van der Waals surface area (Å²) in [6.07, 6.45) is 1.62. The number of nitrogens with zero attached hydrogens (tertiary/aromatic N) is 5. The molecule has 0 saturated carbocycles. The zero-order valence-electron chi connectivity index (χ0n) is 15.9. The minimum absolute atomic E-state index is 0.0743.